The van der Waals surface area contributed by atoms with Crippen LogP contribution in [0.25, 0.3) is 22.0 Å². The van der Waals surface area contributed by atoms with E-state index in [2.05, 4.69) is 37.1 Å². The van der Waals surface area contributed by atoms with Gasteiger partial charge in [-0.1, -0.05) is 35.5 Å². The Labute approximate surface area is 341 Å². The lowest BCUT2D eigenvalue weighted by Crippen LogP contribution is -2.35. The van der Waals surface area contributed by atoms with Gasteiger partial charge in [0.05, 0.1) is 27.7 Å². The molecule has 2 aromatic carbocycles. The highest BCUT2D eigenvalue weighted by Crippen LogP contribution is 2.41. The quantitative estimate of drug-likeness (QED) is 0.0731. The van der Waals surface area contributed by atoms with Crippen LogP contribution in [-0.2, 0) is 47.2 Å². The highest BCUT2D eigenvalue weighted by atomic mass is 35.5. The third-order valence-electron chi connectivity index (χ3n) is 8.64. The molecule has 22 heteroatoms. The number of alkyl halides is 8. The minimum Gasteiger partial charge on any atom is -0.346 e. The molecule has 0 saturated carbocycles. The van der Waals surface area contributed by atoms with E-state index in [1.165, 1.54) is 30.5 Å². The molecule has 0 fully saturated rings. The number of pyridine rings is 1. The first-order valence-corrected chi connectivity index (χ1v) is 20.1. The number of carbonyl (C=O) groups excluding carboxylic acids is 1. The Balaban J connectivity index is 1.78. The maximum absolute atomic E-state index is 14.5. The molecule has 5 aromatic rings. The molecule has 1 amide bonds. The van der Waals surface area contributed by atoms with E-state index in [0.29, 0.717) is 17.7 Å². The monoisotopic (exact) mass is 895 g/mol. The van der Waals surface area contributed by atoms with E-state index < -0.39 is 88.3 Å². The van der Waals surface area contributed by atoms with Crippen molar-refractivity contribution >= 4 is 57.0 Å². The lowest BCUT2D eigenvalue weighted by atomic mass is 9.93. The number of hydrogen-bond acceptors (Lipinski definition) is 7. The van der Waals surface area contributed by atoms with Gasteiger partial charge in [0, 0.05) is 47.4 Å². The maximum Gasteiger partial charge on any atom is 0.435 e. The van der Waals surface area contributed by atoms with Crippen LogP contribution in [0.4, 0.5) is 49.7 Å². The molecule has 9 nitrogen and oxygen atoms in total. The van der Waals surface area contributed by atoms with Crippen LogP contribution in [0.5, 0.6) is 0 Å². The van der Waals surface area contributed by atoms with Gasteiger partial charge in [0.15, 0.2) is 11.5 Å². The molecule has 0 saturated heterocycles. The van der Waals surface area contributed by atoms with E-state index in [-0.39, 0.29) is 60.6 Å². The first-order valence-electron chi connectivity index (χ1n) is 17.0. The van der Waals surface area contributed by atoms with Gasteiger partial charge in [0.25, 0.3) is 5.92 Å². The molecule has 316 valence electrons. The number of amides is 1. The van der Waals surface area contributed by atoms with E-state index >= 15 is 0 Å². The van der Waals surface area contributed by atoms with Crippen molar-refractivity contribution in [2.45, 2.75) is 69.3 Å². The molecule has 0 bridgehead atoms. The van der Waals surface area contributed by atoms with Gasteiger partial charge in [-0.2, -0.15) is 45.3 Å². The molecule has 3 heterocycles. The maximum atomic E-state index is 14.5. The van der Waals surface area contributed by atoms with Crippen LogP contribution < -0.4 is 10.0 Å². The number of carbonyl (C=O) groups is 1. The Hall–Kier alpha value is -4.81. The minimum atomic E-state index is -5.17. The van der Waals surface area contributed by atoms with E-state index in [4.69, 9.17) is 11.6 Å². The van der Waals surface area contributed by atoms with Crippen molar-refractivity contribution in [3.63, 3.8) is 0 Å². The summed E-state index contributed by atoms with van der Waals surface area (Å²) in [5.74, 6) is -1.66. The molecule has 5 rings (SSSR count). The van der Waals surface area contributed by atoms with Crippen LogP contribution in [0, 0.1) is 23.5 Å². The van der Waals surface area contributed by atoms with Crippen molar-refractivity contribution in [1.82, 2.24) is 29.9 Å². The van der Waals surface area contributed by atoms with Crippen LogP contribution in [0.15, 0.2) is 48.5 Å². The Morgan fingerprint density at radius 3 is 2.15 bits per heavy atom. The summed E-state index contributed by atoms with van der Waals surface area (Å²) in [6.07, 6.45) is -7.49. The fraction of sp³-hybridized carbons (Fsp3) is 0.351. The predicted octanol–water partition coefficient (Wildman–Crippen LogP) is 9.22. The summed E-state index contributed by atoms with van der Waals surface area (Å²) in [5, 5.41) is 9.82. The van der Waals surface area contributed by atoms with Crippen molar-refractivity contribution in [3.8, 4) is 23.0 Å². The number of aromatic nitrogens is 5. The number of halogens is 11. The standard InChI is InChI=1S/C37H32ClF10N7O2S2/c1-34(2,59(5)57)11-10-22-6-7-23(24-8-9-25(38)30-32(24)55(18-36(43,44)45)52-33(30)53-58-4)31(49-22)26(14-19-12-20(39)15-21(40)13-19)50-29(56)17-54-28(35(3,41)42)16-27(51-54)37(46,47)48/h6-9,12-13,15-16,26H,14,17-18H2,1-5H3,(H,50,56)(H,52,53). The Kier molecular flexibility index (Phi) is 13.1. The number of benzene rings is 2. The van der Waals surface area contributed by atoms with Crippen LogP contribution in [0.2, 0.25) is 5.02 Å². The van der Waals surface area contributed by atoms with Crippen molar-refractivity contribution in [2.75, 3.05) is 17.2 Å². The largest absolute Gasteiger partial charge is 0.435 e. The summed E-state index contributed by atoms with van der Waals surface area (Å²) >= 11 is 7.54. The van der Waals surface area contributed by atoms with E-state index in [0.717, 1.165) is 24.1 Å². The fourth-order valence-electron chi connectivity index (χ4n) is 5.86. The van der Waals surface area contributed by atoms with Crippen LogP contribution >= 0.6 is 23.5 Å². The molecule has 3 aromatic heterocycles. The first-order chi connectivity index (χ1) is 27.3. The molecule has 0 aliphatic heterocycles. The van der Waals surface area contributed by atoms with Crippen molar-refractivity contribution in [3.05, 3.63) is 93.5 Å². The average molecular weight is 896 g/mol. The summed E-state index contributed by atoms with van der Waals surface area (Å²) in [7, 11) is -1.48. The summed E-state index contributed by atoms with van der Waals surface area (Å²) < 4.78 is 156. The third kappa shape index (κ3) is 10.9. The van der Waals surface area contributed by atoms with Crippen LogP contribution in [-0.4, -0.2) is 58.1 Å². The fourth-order valence-corrected chi connectivity index (χ4v) is 6.63. The Bertz CT molecular complexity index is 2470. The van der Waals surface area contributed by atoms with Gasteiger partial charge < -0.3 is 10.0 Å². The number of nitrogens with one attached hydrogen (secondary N) is 2. The molecule has 2 atom stereocenters. The number of hydrogen-bond donors (Lipinski definition) is 2. The number of rotatable bonds is 12. The molecule has 0 radical (unpaired) electrons. The summed E-state index contributed by atoms with van der Waals surface area (Å²) in [6.45, 7) is 0.634. The van der Waals surface area contributed by atoms with E-state index in [1.54, 1.807) is 20.1 Å². The molecule has 0 aliphatic rings. The Morgan fingerprint density at radius 1 is 0.932 bits per heavy atom. The number of anilines is 1. The molecule has 0 aliphatic carbocycles. The topological polar surface area (TPSA) is 107 Å². The second kappa shape index (κ2) is 17.0. The molecular weight excluding hydrogens is 864 g/mol. The second-order valence-electron chi connectivity index (χ2n) is 13.7. The minimum absolute atomic E-state index is 0.00373. The van der Waals surface area contributed by atoms with Gasteiger partial charge in [-0.25, -0.2) is 13.8 Å². The van der Waals surface area contributed by atoms with Crippen molar-refractivity contribution < 1.29 is 52.9 Å². The van der Waals surface area contributed by atoms with E-state index in [9.17, 15) is 52.9 Å². The summed E-state index contributed by atoms with van der Waals surface area (Å²) in [4.78, 5) is 18.4. The summed E-state index contributed by atoms with van der Waals surface area (Å²) in [6, 6.07) is 6.35. The molecule has 0 spiro atoms. The van der Waals surface area contributed by atoms with Crippen LogP contribution in [0.3, 0.4) is 0 Å². The lowest BCUT2D eigenvalue weighted by Gasteiger charge is -2.23. The Morgan fingerprint density at radius 2 is 1.58 bits per heavy atom. The SMILES string of the molecule is CSNc1nn(CC(F)(F)F)c2c(-c3ccc(C#CC(C)(C)S(C)=O)nc3C(Cc3cc(F)cc(F)c3)NC(=O)Cn3nc(C(F)(F)F)cc3C(C)(F)F)ccc(Cl)c12. The predicted molar refractivity (Wildman–Crippen MR) is 204 cm³/mol. The van der Waals surface area contributed by atoms with Gasteiger partial charge in [0.1, 0.15) is 40.9 Å². The normalized spacial score (nSPS) is 13.6. The molecular formula is C37H32ClF10N7O2S2. The molecule has 2 unspecified atom stereocenters. The number of nitrogens with zero attached hydrogens (tertiary/aromatic N) is 5. The van der Waals surface area contributed by atoms with Gasteiger partial charge >= 0.3 is 12.4 Å². The number of fused-ring (bicyclic) bond motifs is 1. The zero-order valence-electron chi connectivity index (χ0n) is 31.3. The zero-order chi connectivity index (χ0) is 43.8. The van der Waals surface area contributed by atoms with Gasteiger partial charge in [-0.05, 0) is 68.2 Å². The average Bonchev–Trinajstić information content (AvgIpc) is 3.69. The van der Waals surface area contributed by atoms with Crippen molar-refractivity contribution in [2.24, 2.45) is 0 Å². The van der Waals surface area contributed by atoms with Gasteiger partial charge in [-0.15, -0.1) is 0 Å². The highest BCUT2D eigenvalue weighted by molar-refractivity contribution is 7.99. The third-order valence-corrected chi connectivity index (χ3v) is 10.9. The molecule has 2 N–H and O–H groups in total. The second-order valence-corrected chi connectivity index (χ2v) is 16.6. The first kappa shape index (κ1) is 45.3. The summed E-state index contributed by atoms with van der Waals surface area (Å²) in [5.41, 5.74) is -3.48. The van der Waals surface area contributed by atoms with Crippen molar-refractivity contribution in [1.29, 1.82) is 0 Å². The van der Waals surface area contributed by atoms with Crippen LogP contribution in [0.1, 0.15) is 55.2 Å². The van der Waals surface area contributed by atoms with Gasteiger partial charge in [-0.3, -0.25) is 18.4 Å². The smallest absolute Gasteiger partial charge is 0.346 e. The van der Waals surface area contributed by atoms with E-state index in [1.807, 2.05) is 0 Å². The van der Waals surface area contributed by atoms with Gasteiger partial charge in [0.2, 0.25) is 5.91 Å². The highest BCUT2D eigenvalue weighted by Gasteiger charge is 2.40. The lowest BCUT2D eigenvalue weighted by molar-refractivity contribution is -0.142. The zero-order valence-corrected chi connectivity index (χ0v) is 33.7. The molecule has 59 heavy (non-hydrogen) atoms.